The second-order valence-corrected chi connectivity index (χ2v) is 12.0. The third-order valence-electron chi connectivity index (χ3n) is 7.03. The second kappa shape index (κ2) is 14.5. The molecule has 4 aromatic carbocycles. The zero-order chi connectivity index (χ0) is 30.8. The van der Waals surface area contributed by atoms with Gasteiger partial charge in [0.2, 0.25) is 11.8 Å². The predicted molar refractivity (Wildman–Crippen MR) is 168 cm³/mol. The van der Waals surface area contributed by atoms with E-state index in [0.717, 1.165) is 21.0 Å². The molecule has 0 bridgehead atoms. The maximum absolute atomic E-state index is 14.4. The number of nitrogens with zero attached hydrogens (tertiary/aromatic N) is 2. The highest BCUT2D eigenvalue weighted by molar-refractivity contribution is 7.92. The molecule has 4 rings (SSSR count). The minimum atomic E-state index is -4.15. The van der Waals surface area contributed by atoms with Gasteiger partial charge in [-0.15, -0.1) is 0 Å². The van der Waals surface area contributed by atoms with Crippen LogP contribution in [-0.2, 0) is 32.6 Å². The van der Waals surface area contributed by atoms with Gasteiger partial charge in [0.15, 0.2) is 0 Å². The first-order chi connectivity index (χ1) is 20.7. The number of amides is 2. The fraction of sp³-hybridized carbons (Fsp3) is 0.235. The fourth-order valence-electron chi connectivity index (χ4n) is 4.85. The number of ether oxygens (including phenoxy) is 1. The van der Waals surface area contributed by atoms with E-state index in [1.54, 1.807) is 42.5 Å². The molecule has 0 saturated heterocycles. The van der Waals surface area contributed by atoms with E-state index in [1.807, 2.05) is 68.4 Å². The third-order valence-corrected chi connectivity index (χ3v) is 8.82. The van der Waals surface area contributed by atoms with Crippen LogP contribution in [0.2, 0.25) is 0 Å². The van der Waals surface area contributed by atoms with Crippen LogP contribution in [0.15, 0.2) is 114 Å². The molecule has 0 aliphatic heterocycles. The summed E-state index contributed by atoms with van der Waals surface area (Å²) < 4.78 is 34.3. The Morgan fingerprint density at radius 3 is 2.07 bits per heavy atom. The van der Waals surface area contributed by atoms with Gasteiger partial charge in [-0.05, 0) is 61.4 Å². The van der Waals surface area contributed by atoms with Gasteiger partial charge in [-0.3, -0.25) is 13.9 Å². The average molecular weight is 600 g/mol. The van der Waals surface area contributed by atoms with Gasteiger partial charge in [0.1, 0.15) is 18.3 Å². The summed E-state index contributed by atoms with van der Waals surface area (Å²) in [5, 5.41) is 2.87. The van der Waals surface area contributed by atoms with Gasteiger partial charge in [-0.1, -0.05) is 78.4 Å². The summed E-state index contributed by atoms with van der Waals surface area (Å²) in [4.78, 5) is 29.5. The number of rotatable bonds is 13. The summed E-state index contributed by atoms with van der Waals surface area (Å²) in [6, 6.07) is 30.8. The van der Waals surface area contributed by atoms with E-state index >= 15 is 0 Å². The molecule has 9 heteroatoms. The number of anilines is 1. The summed E-state index contributed by atoms with van der Waals surface area (Å²) in [6.07, 6.45) is 0.262. The normalized spacial score (nSPS) is 11.8. The Balaban J connectivity index is 1.79. The summed E-state index contributed by atoms with van der Waals surface area (Å²) in [6.45, 7) is 3.77. The summed E-state index contributed by atoms with van der Waals surface area (Å²) in [5.41, 5.74) is 3.02. The molecular formula is C34H37N3O5S. The smallest absolute Gasteiger partial charge is 0.264 e. The van der Waals surface area contributed by atoms with Crippen LogP contribution >= 0.6 is 0 Å². The van der Waals surface area contributed by atoms with Crippen molar-refractivity contribution in [2.45, 2.75) is 37.8 Å². The van der Waals surface area contributed by atoms with Crippen molar-refractivity contribution in [3.05, 3.63) is 126 Å². The van der Waals surface area contributed by atoms with Gasteiger partial charge in [0, 0.05) is 19.5 Å². The number of carbonyl (C=O) groups excluding carboxylic acids is 2. The van der Waals surface area contributed by atoms with Crippen molar-refractivity contribution in [3.8, 4) is 5.75 Å². The molecule has 1 unspecified atom stereocenters. The molecule has 0 aromatic heterocycles. The molecular weight excluding hydrogens is 562 g/mol. The van der Waals surface area contributed by atoms with Crippen LogP contribution in [0, 0.1) is 6.92 Å². The lowest BCUT2D eigenvalue weighted by Crippen LogP contribution is -2.53. The number of benzene rings is 4. The molecule has 43 heavy (non-hydrogen) atoms. The first kappa shape index (κ1) is 31.3. The number of nitrogens with one attached hydrogen (secondary N) is 1. The van der Waals surface area contributed by atoms with E-state index in [1.165, 1.54) is 24.1 Å². The van der Waals surface area contributed by atoms with Crippen LogP contribution < -0.4 is 14.4 Å². The van der Waals surface area contributed by atoms with Crippen molar-refractivity contribution in [1.29, 1.82) is 0 Å². The number of carbonyl (C=O) groups is 2. The van der Waals surface area contributed by atoms with E-state index < -0.39 is 28.5 Å². The van der Waals surface area contributed by atoms with Gasteiger partial charge in [0.05, 0.1) is 17.7 Å². The SMILES string of the molecule is CCNC(=O)C(Cc1ccccc1)N(Cc1cccc(C)c1)C(=O)CN(c1ccc(OC)cc1)S(=O)(=O)c1ccccc1. The van der Waals surface area contributed by atoms with Gasteiger partial charge in [-0.25, -0.2) is 8.42 Å². The van der Waals surface area contributed by atoms with E-state index in [0.29, 0.717) is 18.0 Å². The zero-order valence-electron chi connectivity index (χ0n) is 24.6. The highest BCUT2D eigenvalue weighted by Crippen LogP contribution is 2.27. The van der Waals surface area contributed by atoms with Crippen LogP contribution in [0.1, 0.15) is 23.6 Å². The Morgan fingerprint density at radius 1 is 0.837 bits per heavy atom. The van der Waals surface area contributed by atoms with Crippen molar-refractivity contribution < 1.29 is 22.7 Å². The minimum absolute atomic E-state index is 0.0495. The molecule has 4 aromatic rings. The van der Waals surface area contributed by atoms with Crippen molar-refractivity contribution in [2.24, 2.45) is 0 Å². The first-order valence-corrected chi connectivity index (χ1v) is 15.6. The molecule has 224 valence electrons. The van der Waals surface area contributed by atoms with Crippen LogP contribution in [0.25, 0.3) is 0 Å². The Kier molecular flexibility index (Phi) is 10.6. The lowest BCUT2D eigenvalue weighted by molar-refractivity contribution is -0.140. The van der Waals surface area contributed by atoms with Crippen LogP contribution in [0.5, 0.6) is 5.75 Å². The second-order valence-electron chi connectivity index (χ2n) is 10.1. The molecule has 0 radical (unpaired) electrons. The van der Waals surface area contributed by atoms with E-state index in [2.05, 4.69) is 5.32 Å². The van der Waals surface area contributed by atoms with E-state index in [9.17, 15) is 18.0 Å². The lowest BCUT2D eigenvalue weighted by atomic mass is 10.0. The van der Waals surface area contributed by atoms with Crippen molar-refractivity contribution in [3.63, 3.8) is 0 Å². The predicted octanol–water partition coefficient (Wildman–Crippen LogP) is 4.98. The molecule has 1 atom stereocenters. The molecule has 8 nitrogen and oxygen atoms in total. The first-order valence-electron chi connectivity index (χ1n) is 14.1. The van der Waals surface area contributed by atoms with Crippen LogP contribution in [-0.4, -0.2) is 51.4 Å². The van der Waals surface area contributed by atoms with E-state index in [4.69, 9.17) is 4.74 Å². The summed E-state index contributed by atoms with van der Waals surface area (Å²) >= 11 is 0. The highest BCUT2D eigenvalue weighted by Gasteiger charge is 2.34. The molecule has 0 aliphatic rings. The quantitative estimate of drug-likeness (QED) is 0.234. The van der Waals surface area contributed by atoms with Crippen LogP contribution in [0.4, 0.5) is 5.69 Å². The maximum atomic E-state index is 14.4. The largest absolute Gasteiger partial charge is 0.497 e. The zero-order valence-corrected chi connectivity index (χ0v) is 25.5. The number of likely N-dealkylation sites (N-methyl/N-ethyl adjacent to an activating group) is 1. The Morgan fingerprint density at radius 2 is 1.47 bits per heavy atom. The standard InChI is InChI=1S/C34H37N3O5S/c1-4-35-34(39)32(23-27-13-7-5-8-14-27)36(24-28-15-11-12-26(2)22-28)33(38)25-37(29-18-20-30(42-3)21-19-29)43(40,41)31-16-9-6-10-17-31/h5-22,32H,4,23-25H2,1-3H3,(H,35,39). The van der Waals surface area contributed by atoms with Crippen molar-refractivity contribution in [2.75, 3.05) is 24.5 Å². The molecule has 2 amide bonds. The number of hydrogen-bond acceptors (Lipinski definition) is 5. The Hall–Kier alpha value is -4.63. The molecule has 0 aliphatic carbocycles. The summed E-state index contributed by atoms with van der Waals surface area (Å²) in [5.74, 6) is -0.273. The van der Waals surface area contributed by atoms with Gasteiger partial charge >= 0.3 is 0 Å². The third kappa shape index (κ3) is 8.02. The maximum Gasteiger partial charge on any atom is 0.264 e. The van der Waals surface area contributed by atoms with Gasteiger partial charge < -0.3 is 15.0 Å². The number of methoxy groups -OCH3 is 1. The number of aryl methyl sites for hydroxylation is 1. The monoisotopic (exact) mass is 599 g/mol. The lowest BCUT2D eigenvalue weighted by Gasteiger charge is -2.34. The Bertz CT molecular complexity index is 1610. The Labute approximate surface area is 254 Å². The average Bonchev–Trinajstić information content (AvgIpc) is 3.02. The topological polar surface area (TPSA) is 96.0 Å². The number of sulfonamides is 1. The number of hydrogen-bond donors (Lipinski definition) is 1. The summed E-state index contributed by atoms with van der Waals surface area (Å²) in [7, 11) is -2.63. The fourth-order valence-corrected chi connectivity index (χ4v) is 6.29. The molecule has 0 saturated carbocycles. The molecule has 1 N–H and O–H groups in total. The van der Waals surface area contributed by atoms with Crippen molar-refractivity contribution in [1.82, 2.24) is 10.2 Å². The van der Waals surface area contributed by atoms with Gasteiger partial charge in [-0.2, -0.15) is 0 Å². The molecule has 0 heterocycles. The van der Waals surface area contributed by atoms with Crippen molar-refractivity contribution >= 4 is 27.5 Å². The van der Waals surface area contributed by atoms with Crippen LogP contribution in [0.3, 0.4) is 0 Å². The minimum Gasteiger partial charge on any atom is -0.497 e. The van der Waals surface area contributed by atoms with Gasteiger partial charge in [0.25, 0.3) is 10.0 Å². The highest BCUT2D eigenvalue weighted by atomic mass is 32.2. The molecule has 0 fully saturated rings. The van der Waals surface area contributed by atoms with E-state index in [-0.39, 0.29) is 23.8 Å². The molecule has 0 spiro atoms.